The molecule has 0 unspecified atom stereocenters. The zero-order valence-electron chi connectivity index (χ0n) is 16.4. The Balaban J connectivity index is 1.59. The quantitative estimate of drug-likeness (QED) is 0.500. The number of ether oxygens (including phenoxy) is 2. The molecule has 0 bridgehead atoms. The second-order valence-corrected chi connectivity index (χ2v) is 6.87. The van der Waals surface area contributed by atoms with Crippen LogP contribution in [0.5, 0.6) is 11.5 Å². The van der Waals surface area contributed by atoms with E-state index in [4.69, 9.17) is 26.1 Å². The lowest BCUT2D eigenvalue weighted by Gasteiger charge is -2.16. The molecule has 28 heavy (non-hydrogen) atoms. The van der Waals surface area contributed by atoms with E-state index in [1.165, 1.54) is 5.56 Å². The number of aromatic nitrogens is 2. The van der Waals surface area contributed by atoms with Crippen LogP contribution in [0.15, 0.2) is 52.9 Å². The third-order valence-electron chi connectivity index (χ3n) is 4.22. The standard InChI is InChI=1S/C21H25N3O3S/c1-4-26-19-11-7-17(8-12-19)14-23(2)15-24-21(28)27-20(22-24)13-16-5-9-18(25-3)10-6-16/h5-12H,4,13-15H2,1-3H3. The second kappa shape index (κ2) is 9.52. The average Bonchev–Trinajstić information content (AvgIpc) is 3.03. The van der Waals surface area contributed by atoms with Crippen molar-refractivity contribution < 1.29 is 13.9 Å². The summed E-state index contributed by atoms with van der Waals surface area (Å²) in [7, 11) is 3.68. The van der Waals surface area contributed by atoms with Gasteiger partial charge >= 0.3 is 0 Å². The van der Waals surface area contributed by atoms with Crippen LogP contribution in [0.1, 0.15) is 23.9 Å². The highest BCUT2D eigenvalue weighted by molar-refractivity contribution is 7.71. The molecule has 0 amide bonds. The van der Waals surface area contributed by atoms with Gasteiger partial charge in [-0.25, -0.2) is 4.68 Å². The van der Waals surface area contributed by atoms with E-state index in [-0.39, 0.29) is 0 Å². The van der Waals surface area contributed by atoms with Crippen LogP contribution in [0, 0.1) is 4.84 Å². The molecule has 0 radical (unpaired) electrons. The maximum Gasteiger partial charge on any atom is 0.288 e. The average molecular weight is 400 g/mol. The van der Waals surface area contributed by atoms with Crippen molar-refractivity contribution in [1.82, 2.24) is 14.7 Å². The van der Waals surface area contributed by atoms with Crippen LogP contribution >= 0.6 is 12.2 Å². The molecule has 2 aromatic carbocycles. The maximum atomic E-state index is 5.66. The topological polar surface area (TPSA) is 52.7 Å². The van der Waals surface area contributed by atoms with E-state index < -0.39 is 0 Å². The van der Waals surface area contributed by atoms with Gasteiger partial charge in [0, 0.05) is 6.54 Å². The Labute approximate surface area is 170 Å². The molecule has 0 aliphatic heterocycles. The molecule has 1 aromatic heterocycles. The van der Waals surface area contributed by atoms with Gasteiger partial charge < -0.3 is 13.9 Å². The van der Waals surface area contributed by atoms with Crippen molar-refractivity contribution in [3.8, 4) is 11.5 Å². The molecule has 0 aliphatic carbocycles. The monoisotopic (exact) mass is 399 g/mol. The molecule has 6 nitrogen and oxygen atoms in total. The maximum absolute atomic E-state index is 5.66. The van der Waals surface area contributed by atoms with E-state index in [2.05, 4.69) is 22.1 Å². The van der Waals surface area contributed by atoms with Gasteiger partial charge in [0.05, 0.1) is 26.8 Å². The zero-order valence-corrected chi connectivity index (χ0v) is 17.2. The van der Waals surface area contributed by atoms with Crippen molar-refractivity contribution in [2.24, 2.45) is 0 Å². The highest BCUT2D eigenvalue weighted by Crippen LogP contribution is 2.16. The minimum Gasteiger partial charge on any atom is -0.497 e. The molecule has 7 heteroatoms. The molecule has 0 saturated heterocycles. The van der Waals surface area contributed by atoms with E-state index in [9.17, 15) is 0 Å². The van der Waals surface area contributed by atoms with Crippen LogP contribution in [0.4, 0.5) is 0 Å². The normalized spacial score (nSPS) is 11.0. The van der Waals surface area contributed by atoms with Gasteiger partial charge in [-0.1, -0.05) is 24.3 Å². The van der Waals surface area contributed by atoms with Gasteiger partial charge in [-0.2, -0.15) is 0 Å². The predicted octanol–water partition coefficient (Wildman–Crippen LogP) is 4.29. The first-order valence-electron chi connectivity index (χ1n) is 9.17. The lowest BCUT2D eigenvalue weighted by molar-refractivity contribution is 0.240. The predicted molar refractivity (Wildman–Crippen MR) is 110 cm³/mol. The minimum absolute atomic E-state index is 0.377. The van der Waals surface area contributed by atoms with Crippen molar-refractivity contribution in [2.45, 2.75) is 26.6 Å². The Morgan fingerprint density at radius 2 is 1.68 bits per heavy atom. The van der Waals surface area contributed by atoms with E-state index >= 15 is 0 Å². The van der Waals surface area contributed by atoms with Gasteiger partial charge in [0.25, 0.3) is 4.84 Å². The summed E-state index contributed by atoms with van der Waals surface area (Å²) in [5, 5.41) is 4.52. The largest absolute Gasteiger partial charge is 0.497 e. The van der Waals surface area contributed by atoms with Crippen LogP contribution in [0.2, 0.25) is 0 Å². The fourth-order valence-corrected chi connectivity index (χ4v) is 3.07. The van der Waals surface area contributed by atoms with Gasteiger partial charge in [0.1, 0.15) is 11.5 Å². The fraction of sp³-hybridized carbons (Fsp3) is 0.333. The molecule has 0 spiro atoms. The third-order valence-corrected chi connectivity index (χ3v) is 4.52. The first-order valence-corrected chi connectivity index (χ1v) is 9.58. The number of rotatable bonds is 9. The van der Waals surface area contributed by atoms with Crippen molar-refractivity contribution >= 4 is 12.2 Å². The van der Waals surface area contributed by atoms with E-state index in [0.717, 1.165) is 23.6 Å². The Morgan fingerprint density at radius 3 is 2.32 bits per heavy atom. The zero-order chi connectivity index (χ0) is 19.9. The van der Waals surface area contributed by atoms with Crippen molar-refractivity contribution in [1.29, 1.82) is 0 Å². The first-order chi connectivity index (χ1) is 13.6. The van der Waals surface area contributed by atoms with Gasteiger partial charge in [-0.05, 0) is 61.6 Å². The fourth-order valence-electron chi connectivity index (χ4n) is 2.88. The van der Waals surface area contributed by atoms with Crippen LogP contribution in [0.3, 0.4) is 0 Å². The van der Waals surface area contributed by atoms with Crippen molar-refractivity contribution in [3.63, 3.8) is 0 Å². The Hall–Kier alpha value is -2.64. The summed E-state index contributed by atoms with van der Waals surface area (Å²) in [5.41, 5.74) is 2.28. The lowest BCUT2D eigenvalue weighted by Crippen LogP contribution is -2.22. The first kappa shape index (κ1) is 20.1. The molecule has 1 heterocycles. The van der Waals surface area contributed by atoms with Crippen molar-refractivity contribution in [3.05, 3.63) is 70.4 Å². The van der Waals surface area contributed by atoms with Crippen LogP contribution in [-0.2, 0) is 19.6 Å². The number of hydrogen-bond acceptors (Lipinski definition) is 6. The summed E-state index contributed by atoms with van der Waals surface area (Å²) < 4.78 is 18.0. The van der Waals surface area contributed by atoms with Crippen LogP contribution in [-0.4, -0.2) is 35.4 Å². The molecule has 0 N–H and O–H groups in total. The molecule has 0 fully saturated rings. The summed E-state index contributed by atoms with van der Waals surface area (Å²) in [6, 6.07) is 15.9. The number of benzene rings is 2. The summed E-state index contributed by atoms with van der Waals surface area (Å²) in [5.74, 6) is 2.31. The summed E-state index contributed by atoms with van der Waals surface area (Å²) in [4.78, 5) is 2.51. The molecule has 0 aliphatic rings. The molecule has 3 aromatic rings. The number of hydrogen-bond donors (Lipinski definition) is 0. The Kier molecular flexibility index (Phi) is 6.84. The van der Waals surface area contributed by atoms with Gasteiger partial charge in [-0.15, -0.1) is 5.10 Å². The highest BCUT2D eigenvalue weighted by atomic mass is 32.1. The Morgan fingerprint density at radius 1 is 1.04 bits per heavy atom. The van der Waals surface area contributed by atoms with Gasteiger partial charge in [0.2, 0.25) is 5.89 Å². The van der Waals surface area contributed by atoms with E-state index in [0.29, 0.717) is 30.4 Å². The third kappa shape index (κ3) is 5.43. The number of nitrogens with zero attached hydrogens (tertiary/aromatic N) is 3. The van der Waals surface area contributed by atoms with E-state index in [1.54, 1.807) is 11.8 Å². The molecular formula is C21H25N3O3S. The second-order valence-electron chi connectivity index (χ2n) is 6.52. The summed E-state index contributed by atoms with van der Waals surface area (Å²) in [6.07, 6.45) is 0.587. The van der Waals surface area contributed by atoms with Crippen LogP contribution in [0.25, 0.3) is 0 Å². The molecule has 3 rings (SSSR count). The molecular weight excluding hydrogens is 374 g/mol. The molecule has 0 atom stereocenters. The lowest BCUT2D eigenvalue weighted by atomic mass is 10.1. The smallest absolute Gasteiger partial charge is 0.288 e. The highest BCUT2D eigenvalue weighted by Gasteiger charge is 2.09. The van der Waals surface area contributed by atoms with Crippen LogP contribution < -0.4 is 9.47 Å². The molecule has 148 valence electrons. The SMILES string of the molecule is CCOc1ccc(CN(C)Cn2nc(Cc3ccc(OC)cc3)oc2=S)cc1. The van der Waals surface area contributed by atoms with Gasteiger partial charge in [0.15, 0.2) is 0 Å². The van der Waals surface area contributed by atoms with Crippen molar-refractivity contribution in [2.75, 3.05) is 20.8 Å². The van der Waals surface area contributed by atoms with Gasteiger partial charge in [-0.3, -0.25) is 4.90 Å². The number of methoxy groups -OCH3 is 1. The van der Waals surface area contributed by atoms with E-state index in [1.807, 2.05) is 50.4 Å². The Bertz CT molecular complexity index is 933. The summed E-state index contributed by atoms with van der Waals surface area (Å²) in [6.45, 7) is 3.97. The summed E-state index contributed by atoms with van der Waals surface area (Å²) >= 11 is 5.33. The minimum atomic E-state index is 0.377. The molecule has 0 saturated carbocycles.